The van der Waals surface area contributed by atoms with Crippen molar-refractivity contribution in [1.82, 2.24) is 15.3 Å². The lowest BCUT2D eigenvalue weighted by Crippen LogP contribution is -2.31. The van der Waals surface area contributed by atoms with E-state index in [4.69, 9.17) is 0 Å². The Morgan fingerprint density at radius 1 is 1.44 bits per heavy atom. The second kappa shape index (κ2) is 6.54. The Kier molecular flexibility index (Phi) is 5.34. The minimum Gasteiger partial charge on any atom is -0.359 e. The van der Waals surface area contributed by atoms with Crippen LogP contribution in [0.1, 0.15) is 32.5 Å². The van der Waals surface area contributed by atoms with Gasteiger partial charge in [-0.1, -0.05) is 20.8 Å². The van der Waals surface area contributed by atoms with E-state index in [1.54, 1.807) is 6.07 Å². The summed E-state index contributed by atoms with van der Waals surface area (Å²) in [5.41, 5.74) is -0.0863. The van der Waals surface area contributed by atoms with E-state index in [1.165, 1.54) is 0 Å². The van der Waals surface area contributed by atoms with Gasteiger partial charge in [0.15, 0.2) is 0 Å². The molecule has 1 heterocycles. The van der Waals surface area contributed by atoms with Gasteiger partial charge in [0.05, 0.1) is 0 Å². The molecule has 0 bridgehead atoms. The second-order valence-electron chi connectivity index (χ2n) is 5.19. The third-order valence-electron chi connectivity index (χ3n) is 2.82. The highest BCUT2D eigenvalue weighted by atomic mass is 16.1. The first kappa shape index (κ1) is 14.7. The Labute approximate surface area is 109 Å². The lowest BCUT2D eigenvalue weighted by molar-refractivity contribution is 0.540. The maximum Gasteiger partial charge on any atom is 0.252 e. The zero-order valence-electron chi connectivity index (χ0n) is 11.9. The monoisotopic (exact) mass is 252 g/mol. The van der Waals surface area contributed by atoms with Crippen molar-refractivity contribution in [2.24, 2.45) is 5.92 Å². The molecule has 0 aliphatic carbocycles. The lowest BCUT2D eigenvalue weighted by atomic mass is 10.1. The van der Waals surface area contributed by atoms with Gasteiger partial charge < -0.3 is 15.2 Å². The van der Waals surface area contributed by atoms with Crippen molar-refractivity contribution >= 4 is 5.82 Å². The van der Waals surface area contributed by atoms with Gasteiger partial charge in [-0.15, -0.1) is 0 Å². The molecule has 0 aliphatic heterocycles. The van der Waals surface area contributed by atoms with E-state index in [2.05, 4.69) is 22.2 Å². The second-order valence-corrected chi connectivity index (χ2v) is 5.19. The Balaban J connectivity index is 2.85. The van der Waals surface area contributed by atoms with Crippen LogP contribution >= 0.6 is 0 Å². The number of H-pyrrole nitrogens is 1. The number of hydrogen-bond donors (Lipinski definition) is 2. The maximum absolute atomic E-state index is 11.6. The van der Waals surface area contributed by atoms with Crippen LogP contribution in [0.3, 0.4) is 0 Å². The van der Waals surface area contributed by atoms with Gasteiger partial charge in [-0.25, -0.2) is 4.98 Å². The molecule has 0 fully saturated rings. The molecule has 1 aromatic rings. The van der Waals surface area contributed by atoms with Gasteiger partial charge >= 0.3 is 0 Å². The Hall–Kier alpha value is -1.36. The fourth-order valence-corrected chi connectivity index (χ4v) is 1.91. The van der Waals surface area contributed by atoms with E-state index in [0.29, 0.717) is 5.92 Å². The smallest absolute Gasteiger partial charge is 0.252 e. The molecule has 0 radical (unpaired) electrons. The molecule has 102 valence electrons. The Morgan fingerprint density at radius 2 is 2.11 bits per heavy atom. The summed E-state index contributed by atoms with van der Waals surface area (Å²) in [6, 6.07) is 1.55. The number of nitrogens with one attached hydrogen (secondary N) is 2. The molecule has 1 unspecified atom stereocenters. The fraction of sp³-hybridized carbons (Fsp3) is 0.692. The van der Waals surface area contributed by atoms with E-state index in [-0.39, 0.29) is 11.5 Å². The maximum atomic E-state index is 11.6. The third-order valence-corrected chi connectivity index (χ3v) is 2.82. The molecule has 5 heteroatoms. The van der Waals surface area contributed by atoms with Crippen molar-refractivity contribution in [2.45, 2.75) is 26.7 Å². The van der Waals surface area contributed by atoms with Gasteiger partial charge in [-0.2, -0.15) is 0 Å². The number of nitrogens with zero attached hydrogens (tertiary/aromatic N) is 2. The molecule has 0 aliphatic rings. The van der Waals surface area contributed by atoms with Crippen LogP contribution in [-0.4, -0.2) is 37.2 Å². The van der Waals surface area contributed by atoms with E-state index in [1.807, 2.05) is 32.8 Å². The van der Waals surface area contributed by atoms with E-state index in [9.17, 15) is 4.79 Å². The standard InChI is InChI=1S/C13H24N4O/c1-9(2)13-15-11(6-12(18)16-13)17(5)8-10(3)7-14-4/h6,9-10,14H,7-8H2,1-5H3,(H,15,16,18). The van der Waals surface area contributed by atoms with Gasteiger partial charge in [-0.05, 0) is 19.5 Å². The van der Waals surface area contributed by atoms with Crippen LogP contribution in [0.15, 0.2) is 10.9 Å². The molecule has 0 amide bonds. The highest BCUT2D eigenvalue weighted by molar-refractivity contribution is 5.36. The average molecular weight is 252 g/mol. The van der Waals surface area contributed by atoms with E-state index < -0.39 is 0 Å². The van der Waals surface area contributed by atoms with Crippen LogP contribution in [0, 0.1) is 5.92 Å². The largest absolute Gasteiger partial charge is 0.359 e. The van der Waals surface area contributed by atoms with Crippen LogP contribution in [0.2, 0.25) is 0 Å². The molecular formula is C13H24N4O. The number of hydrogen-bond acceptors (Lipinski definition) is 4. The zero-order valence-corrected chi connectivity index (χ0v) is 11.9. The Morgan fingerprint density at radius 3 is 2.67 bits per heavy atom. The lowest BCUT2D eigenvalue weighted by Gasteiger charge is -2.22. The quantitative estimate of drug-likeness (QED) is 0.798. The molecule has 0 aromatic carbocycles. The van der Waals surface area contributed by atoms with E-state index in [0.717, 1.165) is 24.7 Å². The summed E-state index contributed by atoms with van der Waals surface area (Å²) in [5, 5.41) is 3.15. The molecule has 0 saturated heterocycles. The molecule has 0 saturated carbocycles. The molecular weight excluding hydrogens is 228 g/mol. The fourth-order valence-electron chi connectivity index (χ4n) is 1.91. The van der Waals surface area contributed by atoms with Crippen molar-refractivity contribution in [3.8, 4) is 0 Å². The molecule has 0 spiro atoms. The number of anilines is 1. The first-order valence-corrected chi connectivity index (χ1v) is 6.41. The van der Waals surface area contributed by atoms with Crippen LogP contribution in [-0.2, 0) is 0 Å². The van der Waals surface area contributed by atoms with Crippen molar-refractivity contribution in [3.05, 3.63) is 22.2 Å². The minimum atomic E-state index is -0.0863. The summed E-state index contributed by atoms with van der Waals surface area (Å²) >= 11 is 0. The summed E-state index contributed by atoms with van der Waals surface area (Å²) < 4.78 is 0. The van der Waals surface area contributed by atoms with E-state index >= 15 is 0 Å². The highest BCUT2D eigenvalue weighted by Crippen LogP contribution is 2.12. The van der Waals surface area contributed by atoms with Gasteiger partial charge in [0.2, 0.25) is 0 Å². The van der Waals surface area contributed by atoms with Crippen molar-refractivity contribution in [1.29, 1.82) is 0 Å². The van der Waals surface area contributed by atoms with Crippen molar-refractivity contribution < 1.29 is 0 Å². The SMILES string of the molecule is CNCC(C)CN(C)c1cc(=O)[nH]c(C(C)C)n1. The minimum absolute atomic E-state index is 0.0863. The van der Waals surface area contributed by atoms with Gasteiger partial charge in [0, 0.05) is 25.6 Å². The molecule has 5 nitrogen and oxygen atoms in total. The zero-order chi connectivity index (χ0) is 13.7. The summed E-state index contributed by atoms with van der Waals surface area (Å²) in [6.07, 6.45) is 0. The van der Waals surface area contributed by atoms with Crippen LogP contribution in [0.5, 0.6) is 0 Å². The molecule has 1 aromatic heterocycles. The summed E-state index contributed by atoms with van der Waals surface area (Å²) in [6.45, 7) is 8.03. The topological polar surface area (TPSA) is 61.0 Å². The van der Waals surface area contributed by atoms with Crippen LogP contribution in [0.4, 0.5) is 5.82 Å². The molecule has 1 atom stereocenters. The predicted octanol–water partition coefficient (Wildman–Crippen LogP) is 1.18. The van der Waals surface area contributed by atoms with Gasteiger partial charge in [0.1, 0.15) is 11.6 Å². The summed E-state index contributed by atoms with van der Waals surface area (Å²) in [5.74, 6) is 2.21. The molecule has 1 rings (SSSR count). The van der Waals surface area contributed by atoms with Crippen LogP contribution < -0.4 is 15.8 Å². The van der Waals surface area contributed by atoms with Crippen LogP contribution in [0.25, 0.3) is 0 Å². The first-order chi connectivity index (χ1) is 8.43. The first-order valence-electron chi connectivity index (χ1n) is 6.41. The normalized spacial score (nSPS) is 12.8. The highest BCUT2D eigenvalue weighted by Gasteiger charge is 2.11. The molecule has 18 heavy (non-hydrogen) atoms. The van der Waals surface area contributed by atoms with Crippen molar-refractivity contribution in [3.63, 3.8) is 0 Å². The third kappa shape index (κ3) is 4.14. The number of rotatable bonds is 6. The number of aromatic amines is 1. The van der Waals surface area contributed by atoms with Gasteiger partial charge in [-0.3, -0.25) is 4.79 Å². The summed E-state index contributed by atoms with van der Waals surface area (Å²) in [7, 11) is 3.91. The average Bonchev–Trinajstić information content (AvgIpc) is 2.28. The Bertz CT molecular complexity index is 427. The summed E-state index contributed by atoms with van der Waals surface area (Å²) in [4.78, 5) is 20.9. The molecule has 2 N–H and O–H groups in total. The van der Waals surface area contributed by atoms with Crippen molar-refractivity contribution in [2.75, 3.05) is 32.1 Å². The number of aromatic nitrogens is 2. The van der Waals surface area contributed by atoms with Gasteiger partial charge in [0.25, 0.3) is 5.56 Å². The predicted molar refractivity (Wildman–Crippen MR) is 75.3 cm³/mol.